The zero-order valence-electron chi connectivity index (χ0n) is 11.8. The van der Waals surface area contributed by atoms with E-state index in [1.54, 1.807) is 6.07 Å². The highest BCUT2D eigenvalue weighted by atomic mass is 16.6. The number of furan rings is 1. The molecule has 0 radical (unpaired) electrons. The number of rotatable bonds is 3. The van der Waals surface area contributed by atoms with Gasteiger partial charge in [0, 0.05) is 16.6 Å². The molecule has 0 aliphatic heterocycles. The predicted octanol–water partition coefficient (Wildman–Crippen LogP) is 4.27. The molecule has 1 aromatic carbocycles. The van der Waals surface area contributed by atoms with E-state index in [2.05, 4.69) is 4.98 Å². The monoisotopic (exact) mass is 282 g/mol. The molecule has 2 heterocycles. The van der Waals surface area contributed by atoms with E-state index >= 15 is 0 Å². The molecule has 0 atom stereocenters. The molecule has 0 aliphatic rings. The Bertz CT molecular complexity index is 837. The third-order valence-corrected chi connectivity index (χ3v) is 3.42. The van der Waals surface area contributed by atoms with Gasteiger partial charge in [-0.25, -0.2) is 0 Å². The fraction of sp³-hybridized carbons (Fsp3) is 0.188. The third kappa shape index (κ3) is 2.38. The van der Waals surface area contributed by atoms with Crippen molar-refractivity contribution in [1.82, 2.24) is 4.98 Å². The first-order valence-corrected chi connectivity index (χ1v) is 6.73. The van der Waals surface area contributed by atoms with E-state index < -0.39 is 4.92 Å². The van der Waals surface area contributed by atoms with Crippen LogP contribution in [-0.2, 0) is 6.42 Å². The van der Waals surface area contributed by atoms with Crippen LogP contribution in [0.25, 0.3) is 22.2 Å². The summed E-state index contributed by atoms with van der Waals surface area (Å²) < 4.78 is 5.35. The molecule has 0 amide bonds. The Hall–Kier alpha value is -2.69. The smallest absolute Gasteiger partial charge is 0.401 e. The molecule has 106 valence electrons. The highest BCUT2D eigenvalue weighted by Gasteiger charge is 2.16. The van der Waals surface area contributed by atoms with E-state index in [4.69, 9.17) is 4.42 Å². The van der Waals surface area contributed by atoms with Crippen molar-refractivity contribution >= 4 is 16.8 Å². The topological polar surface area (TPSA) is 69.2 Å². The van der Waals surface area contributed by atoms with Crippen LogP contribution in [0.3, 0.4) is 0 Å². The normalized spacial score (nSPS) is 11.0. The lowest BCUT2D eigenvalue weighted by molar-refractivity contribution is -0.401. The standard InChI is InChI=1S/C16H14N2O3/c1-3-11-9-13(15-6-7-16(21-15)18(19)20)12-8-10(2)4-5-14(12)17-11/h4-9H,3H2,1-2H3. The van der Waals surface area contributed by atoms with E-state index in [0.717, 1.165) is 34.1 Å². The summed E-state index contributed by atoms with van der Waals surface area (Å²) in [6, 6.07) is 10.9. The summed E-state index contributed by atoms with van der Waals surface area (Å²) in [6.45, 7) is 4.03. The lowest BCUT2D eigenvalue weighted by Gasteiger charge is -2.07. The van der Waals surface area contributed by atoms with Gasteiger partial charge < -0.3 is 4.42 Å². The molecule has 5 heteroatoms. The van der Waals surface area contributed by atoms with Crippen LogP contribution in [-0.4, -0.2) is 9.91 Å². The molecule has 3 aromatic rings. The Kier molecular flexibility index (Phi) is 3.17. The number of benzene rings is 1. The maximum absolute atomic E-state index is 10.8. The van der Waals surface area contributed by atoms with Gasteiger partial charge in [-0.1, -0.05) is 18.6 Å². The summed E-state index contributed by atoms with van der Waals surface area (Å²) in [5.41, 5.74) is 3.75. The Morgan fingerprint density at radius 1 is 1.24 bits per heavy atom. The Morgan fingerprint density at radius 2 is 2.05 bits per heavy atom. The van der Waals surface area contributed by atoms with Gasteiger partial charge in [0.25, 0.3) is 0 Å². The minimum Gasteiger partial charge on any atom is -0.401 e. The molecule has 0 saturated carbocycles. The van der Waals surface area contributed by atoms with Gasteiger partial charge in [-0.3, -0.25) is 15.1 Å². The van der Waals surface area contributed by atoms with Crippen LogP contribution in [0.4, 0.5) is 5.88 Å². The first-order chi connectivity index (χ1) is 10.1. The van der Waals surface area contributed by atoms with E-state index in [-0.39, 0.29) is 5.88 Å². The summed E-state index contributed by atoms with van der Waals surface area (Å²) >= 11 is 0. The number of hydrogen-bond donors (Lipinski definition) is 0. The maximum atomic E-state index is 10.8. The molecular formula is C16H14N2O3. The number of hydrogen-bond acceptors (Lipinski definition) is 4. The average molecular weight is 282 g/mol. The van der Waals surface area contributed by atoms with Crippen molar-refractivity contribution in [2.75, 3.05) is 0 Å². The van der Waals surface area contributed by atoms with E-state index in [1.807, 2.05) is 38.1 Å². The minimum atomic E-state index is -0.529. The van der Waals surface area contributed by atoms with Crippen molar-refractivity contribution in [3.05, 3.63) is 57.8 Å². The molecule has 0 aliphatic carbocycles. The fourth-order valence-electron chi connectivity index (χ4n) is 2.35. The summed E-state index contributed by atoms with van der Waals surface area (Å²) in [6.07, 6.45) is 0.791. The SMILES string of the molecule is CCc1cc(-c2ccc([N+](=O)[O-])o2)c2cc(C)ccc2n1. The van der Waals surface area contributed by atoms with Crippen LogP contribution < -0.4 is 0 Å². The van der Waals surface area contributed by atoms with Crippen LogP contribution in [0.1, 0.15) is 18.2 Å². The molecule has 0 saturated heterocycles. The molecule has 0 fully saturated rings. The quantitative estimate of drug-likeness (QED) is 0.531. The lowest BCUT2D eigenvalue weighted by Crippen LogP contribution is -1.91. The van der Waals surface area contributed by atoms with Crippen molar-refractivity contribution in [3.8, 4) is 11.3 Å². The second kappa shape index (κ2) is 5.01. The van der Waals surface area contributed by atoms with Gasteiger partial charge in [0.15, 0.2) is 0 Å². The first-order valence-electron chi connectivity index (χ1n) is 6.73. The van der Waals surface area contributed by atoms with Gasteiger partial charge in [-0.05, 0) is 37.6 Å². The van der Waals surface area contributed by atoms with Crippen molar-refractivity contribution in [1.29, 1.82) is 0 Å². The summed E-state index contributed by atoms with van der Waals surface area (Å²) in [5, 5.41) is 11.7. The molecule has 0 spiro atoms. The lowest BCUT2D eigenvalue weighted by atomic mass is 10.0. The number of aryl methyl sites for hydroxylation is 2. The minimum absolute atomic E-state index is 0.249. The van der Waals surface area contributed by atoms with E-state index in [9.17, 15) is 10.1 Å². The summed E-state index contributed by atoms with van der Waals surface area (Å²) in [4.78, 5) is 14.8. The first kappa shape index (κ1) is 13.3. The summed E-state index contributed by atoms with van der Waals surface area (Å²) in [5.74, 6) is 0.245. The van der Waals surface area contributed by atoms with Crippen LogP contribution >= 0.6 is 0 Å². The second-order valence-electron chi connectivity index (χ2n) is 4.93. The molecule has 0 bridgehead atoms. The van der Waals surface area contributed by atoms with Crippen LogP contribution in [0, 0.1) is 17.0 Å². The largest absolute Gasteiger partial charge is 0.433 e. The number of nitrogens with zero attached hydrogens (tertiary/aromatic N) is 2. The van der Waals surface area contributed by atoms with E-state index in [1.165, 1.54) is 6.07 Å². The molecule has 3 rings (SSSR count). The Balaban J connectivity index is 2.27. The third-order valence-electron chi connectivity index (χ3n) is 3.42. The van der Waals surface area contributed by atoms with Gasteiger partial charge >= 0.3 is 5.88 Å². The maximum Gasteiger partial charge on any atom is 0.433 e. The molecule has 2 aromatic heterocycles. The van der Waals surface area contributed by atoms with Crippen LogP contribution in [0.15, 0.2) is 40.8 Å². The molecular weight excluding hydrogens is 268 g/mol. The van der Waals surface area contributed by atoms with Gasteiger partial charge in [-0.2, -0.15) is 0 Å². The highest BCUT2D eigenvalue weighted by Crippen LogP contribution is 2.32. The zero-order valence-corrected chi connectivity index (χ0v) is 11.8. The number of nitro groups is 1. The fourth-order valence-corrected chi connectivity index (χ4v) is 2.35. The van der Waals surface area contributed by atoms with Crippen molar-refractivity contribution in [2.45, 2.75) is 20.3 Å². The van der Waals surface area contributed by atoms with Gasteiger partial charge in [0.05, 0.1) is 11.6 Å². The predicted molar refractivity (Wildman–Crippen MR) is 80.2 cm³/mol. The van der Waals surface area contributed by atoms with Gasteiger partial charge in [-0.15, -0.1) is 0 Å². The molecule has 5 nitrogen and oxygen atoms in total. The second-order valence-corrected chi connectivity index (χ2v) is 4.93. The van der Waals surface area contributed by atoms with E-state index in [0.29, 0.717) is 5.76 Å². The average Bonchev–Trinajstić information content (AvgIpc) is 2.96. The highest BCUT2D eigenvalue weighted by molar-refractivity contribution is 5.93. The number of pyridine rings is 1. The van der Waals surface area contributed by atoms with Crippen molar-refractivity contribution < 1.29 is 9.34 Å². The molecule has 0 unspecified atom stereocenters. The van der Waals surface area contributed by atoms with Crippen LogP contribution in [0.5, 0.6) is 0 Å². The van der Waals surface area contributed by atoms with Gasteiger partial charge in [0.2, 0.25) is 0 Å². The Labute approximate surface area is 121 Å². The zero-order chi connectivity index (χ0) is 15.0. The number of aromatic nitrogens is 1. The number of fused-ring (bicyclic) bond motifs is 1. The van der Waals surface area contributed by atoms with Gasteiger partial charge in [0.1, 0.15) is 10.7 Å². The van der Waals surface area contributed by atoms with Crippen LogP contribution in [0.2, 0.25) is 0 Å². The Morgan fingerprint density at radius 3 is 2.71 bits per heavy atom. The van der Waals surface area contributed by atoms with Crippen molar-refractivity contribution in [2.24, 2.45) is 0 Å². The molecule has 21 heavy (non-hydrogen) atoms. The summed E-state index contributed by atoms with van der Waals surface area (Å²) in [7, 11) is 0. The molecule has 0 N–H and O–H groups in total. The van der Waals surface area contributed by atoms with Crippen molar-refractivity contribution in [3.63, 3.8) is 0 Å².